The quantitative estimate of drug-likeness (QED) is 0.709. The second-order valence-electron chi connectivity index (χ2n) is 7.30. The third-order valence-electron chi connectivity index (χ3n) is 4.99. The highest BCUT2D eigenvalue weighted by molar-refractivity contribution is 6.31. The molecular formula is C22H24ClFN4O2. The fourth-order valence-corrected chi connectivity index (χ4v) is 3.70. The molecule has 0 saturated carbocycles. The monoisotopic (exact) mass is 430 g/mol. The molecule has 1 saturated heterocycles. The fraction of sp³-hybridized carbons (Fsp3) is 0.273. The first-order valence-corrected chi connectivity index (χ1v) is 10.0. The van der Waals surface area contributed by atoms with Crippen molar-refractivity contribution >= 4 is 35.3 Å². The topological polar surface area (TPSA) is 78.7 Å². The molecular weight excluding hydrogens is 407 g/mol. The first-order chi connectivity index (χ1) is 14.3. The van der Waals surface area contributed by atoms with Gasteiger partial charge in [-0.25, -0.2) is 9.18 Å². The number of piperazine rings is 1. The summed E-state index contributed by atoms with van der Waals surface area (Å²) in [6, 6.07) is 10.8. The van der Waals surface area contributed by atoms with Gasteiger partial charge in [0, 0.05) is 43.3 Å². The highest BCUT2D eigenvalue weighted by Crippen LogP contribution is 2.23. The maximum Gasteiger partial charge on any atom is 0.316 e. The van der Waals surface area contributed by atoms with Gasteiger partial charge in [0.2, 0.25) is 5.91 Å². The molecule has 3 N–H and O–H groups in total. The summed E-state index contributed by atoms with van der Waals surface area (Å²) < 4.78 is 13.1. The number of amides is 3. The Morgan fingerprint density at radius 1 is 1.23 bits per heavy atom. The van der Waals surface area contributed by atoms with Crippen molar-refractivity contribution in [1.82, 2.24) is 9.80 Å². The molecule has 0 bridgehead atoms. The molecule has 0 unspecified atom stereocenters. The van der Waals surface area contributed by atoms with Crippen LogP contribution in [0, 0.1) is 5.82 Å². The normalized spacial score (nSPS) is 17.3. The number of anilines is 1. The number of halogens is 2. The van der Waals surface area contributed by atoms with E-state index in [9.17, 15) is 14.0 Å². The van der Waals surface area contributed by atoms with E-state index in [-0.39, 0.29) is 17.8 Å². The van der Waals surface area contributed by atoms with Crippen LogP contribution in [0.1, 0.15) is 18.1 Å². The van der Waals surface area contributed by atoms with Crippen molar-refractivity contribution in [3.8, 4) is 0 Å². The fourth-order valence-electron chi connectivity index (χ4n) is 3.52. The lowest BCUT2D eigenvalue weighted by Gasteiger charge is -2.39. The van der Waals surface area contributed by atoms with Crippen LogP contribution < -0.4 is 11.1 Å². The van der Waals surface area contributed by atoms with Crippen molar-refractivity contribution in [3.05, 3.63) is 70.5 Å². The van der Waals surface area contributed by atoms with Gasteiger partial charge in [0.05, 0.1) is 5.69 Å². The van der Waals surface area contributed by atoms with Gasteiger partial charge in [-0.2, -0.15) is 0 Å². The molecule has 3 amide bonds. The van der Waals surface area contributed by atoms with Crippen LogP contribution in [0.2, 0.25) is 5.02 Å². The minimum Gasteiger partial charge on any atom is -0.351 e. The van der Waals surface area contributed by atoms with Crippen LogP contribution in [0.3, 0.4) is 0 Å². The van der Waals surface area contributed by atoms with Crippen LogP contribution in [-0.4, -0.2) is 47.4 Å². The largest absolute Gasteiger partial charge is 0.351 e. The van der Waals surface area contributed by atoms with Crippen molar-refractivity contribution in [2.75, 3.05) is 25.0 Å². The van der Waals surface area contributed by atoms with E-state index >= 15 is 0 Å². The highest BCUT2D eigenvalue weighted by Gasteiger charge is 2.26. The maximum absolute atomic E-state index is 13.1. The molecule has 1 aliphatic heterocycles. The van der Waals surface area contributed by atoms with E-state index in [0.29, 0.717) is 22.8 Å². The molecule has 8 heteroatoms. The van der Waals surface area contributed by atoms with Crippen molar-refractivity contribution in [1.29, 1.82) is 0 Å². The number of urea groups is 1. The van der Waals surface area contributed by atoms with E-state index in [1.165, 1.54) is 18.2 Å². The number of hydrogen-bond acceptors (Lipinski definition) is 3. The Morgan fingerprint density at radius 3 is 2.63 bits per heavy atom. The van der Waals surface area contributed by atoms with Crippen LogP contribution in [0.15, 0.2) is 48.5 Å². The Bertz CT molecular complexity index is 949. The van der Waals surface area contributed by atoms with E-state index in [0.717, 1.165) is 25.2 Å². The van der Waals surface area contributed by atoms with Crippen LogP contribution in [0.5, 0.6) is 0 Å². The third-order valence-corrected chi connectivity index (χ3v) is 5.23. The SMILES string of the molecule is C[C@H]1CN(Cc2ccc(F)cc2)CCN1C(=O)C=Cc1ccc(Cl)cc1NC(N)=O. The average molecular weight is 431 g/mol. The summed E-state index contributed by atoms with van der Waals surface area (Å²) in [5.74, 6) is -0.354. The molecule has 1 heterocycles. The molecule has 2 aromatic rings. The van der Waals surface area contributed by atoms with E-state index in [2.05, 4.69) is 10.2 Å². The summed E-state index contributed by atoms with van der Waals surface area (Å²) in [6.45, 7) is 4.78. The van der Waals surface area contributed by atoms with Crippen molar-refractivity contribution in [2.24, 2.45) is 5.73 Å². The first-order valence-electron chi connectivity index (χ1n) is 9.63. The molecule has 2 aromatic carbocycles. The molecule has 0 aliphatic carbocycles. The van der Waals surface area contributed by atoms with Crippen molar-refractivity contribution < 1.29 is 14.0 Å². The van der Waals surface area contributed by atoms with Gasteiger partial charge in [-0.1, -0.05) is 29.8 Å². The first kappa shape index (κ1) is 21.8. The molecule has 30 heavy (non-hydrogen) atoms. The molecule has 0 aromatic heterocycles. The predicted octanol–water partition coefficient (Wildman–Crippen LogP) is 3.72. The molecule has 0 spiro atoms. The standard InChI is InChI=1S/C22H24ClFN4O2/c1-15-13-27(14-16-2-7-19(24)8-3-16)10-11-28(15)21(29)9-5-17-4-6-18(23)12-20(17)26-22(25)30/h2-9,12,15H,10-11,13-14H2,1H3,(H3,25,26,30)/t15-/m0/s1. The molecule has 0 radical (unpaired) electrons. The molecule has 158 valence electrons. The molecule has 1 fully saturated rings. The molecule has 6 nitrogen and oxygen atoms in total. The Hall–Kier alpha value is -2.90. The van der Waals surface area contributed by atoms with Gasteiger partial charge in [0.25, 0.3) is 0 Å². The summed E-state index contributed by atoms with van der Waals surface area (Å²) in [4.78, 5) is 28.0. The van der Waals surface area contributed by atoms with Crippen molar-refractivity contribution in [3.63, 3.8) is 0 Å². The second-order valence-corrected chi connectivity index (χ2v) is 7.73. The number of benzene rings is 2. The number of carbonyl (C=O) groups is 2. The number of carbonyl (C=O) groups excluding carboxylic acids is 2. The van der Waals surface area contributed by atoms with Crippen molar-refractivity contribution in [2.45, 2.75) is 19.5 Å². The van der Waals surface area contributed by atoms with Gasteiger partial charge >= 0.3 is 6.03 Å². The average Bonchev–Trinajstić information content (AvgIpc) is 2.68. The Labute approximate surface area is 180 Å². The summed E-state index contributed by atoms with van der Waals surface area (Å²) >= 11 is 5.97. The van der Waals surface area contributed by atoms with E-state index in [4.69, 9.17) is 17.3 Å². The van der Waals surface area contributed by atoms with Crippen LogP contribution in [-0.2, 0) is 11.3 Å². The molecule has 1 aliphatic rings. The minimum absolute atomic E-state index is 0.0322. The Morgan fingerprint density at radius 2 is 1.97 bits per heavy atom. The van der Waals surface area contributed by atoms with Crippen LogP contribution >= 0.6 is 11.6 Å². The lowest BCUT2D eigenvalue weighted by molar-refractivity contribution is -0.130. The highest BCUT2D eigenvalue weighted by atomic mass is 35.5. The lowest BCUT2D eigenvalue weighted by atomic mass is 10.1. The smallest absolute Gasteiger partial charge is 0.316 e. The zero-order chi connectivity index (χ0) is 21.7. The maximum atomic E-state index is 13.1. The van der Waals surface area contributed by atoms with E-state index < -0.39 is 6.03 Å². The van der Waals surface area contributed by atoms with Gasteiger partial charge in [0.1, 0.15) is 5.82 Å². The molecule has 1 atom stereocenters. The predicted molar refractivity (Wildman–Crippen MR) is 117 cm³/mol. The summed E-state index contributed by atoms with van der Waals surface area (Å²) in [5, 5.41) is 2.96. The second kappa shape index (κ2) is 9.73. The number of nitrogens with two attached hydrogens (primary N) is 1. The number of primary amides is 1. The zero-order valence-corrected chi connectivity index (χ0v) is 17.4. The van der Waals surface area contributed by atoms with E-state index in [1.807, 2.05) is 11.8 Å². The van der Waals surface area contributed by atoms with Gasteiger partial charge in [-0.05, 0) is 48.4 Å². The molecule has 3 rings (SSSR count). The van der Waals surface area contributed by atoms with Crippen LogP contribution in [0.4, 0.5) is 14.9 Å². The Balaban J connectivity index is 1.61. The van der Waals surface area contributed by atoms with Crippen LogP contribution in [0.25, 0.3) is 6.08 Å². The van der Waals surface area contributed by atoms with Gasteiger partial charge < -0.3 is 16.0 Å². The number of hydrogen-bond donors (Lipinski definition) is 2. The number of nitrogens with zero attached hydrogens (tertiary/aromatic N) is 2. The summed E-state index contributed by atoms with van der Waals surface area (Å²) in [5.41, 5.74) is 7.31. The lowest BCUT2D eigenvalue weighted by Crippen LogP contribution is -2.53. The van der Waals surface area contributed by atoms with Gasteiger partial charge in [-0.15, -0.1) is 0 Å². The Kier molecular flexibility index (Phi) is 7.07. The summed E-state index contributed by atoms with van der Waals surface area (Å²) in [6.07, 6.45) is 3.13. The number of nitrogens with one attached hydrogen (secondary N) is 1. The minimum atomic E-state index is -0.704. The van der Waals surface area contributed by atoms with Gasteiger partial charge in [-0.3, -0.25) is 9.69 Å². The third kappa shape index (κ3) is 5.81. The zero-order valence-electron chi connectivity index (χ0n) is 16.6. The number of rotatable bonds is 5. The van der Waals surface area contributed by atoms with E-state index in [1.54, 1.807) is 36.4 Å². The summed E-state index contributed by atoms with van der Waals surface area (Å²) in [7, 11) is 0. The van der Waals surface area contributed by atoms with Gasteiger partial charge in [0.15, 0.2) is 0 Å².